The Balaban J connectivity index is 2.08. The molecule has 1 saturated heterocycles. The first-order valence-electron chi connectivity index (χ1n) is 6.30. The molecule has 6 heteroatoms. The Bertz CT molecular complexity index is 380. The lowest BCUT2D eigenvalue weighted by Crippen LogP contribution is -2.50. The van der Waals surface area contributed by atoms with E-state index in [-0.39, 0.29) is 5.54 Å². The highest BCUT2D eigenvalue weighted by atomic mass is 16.5. The molecule has 2 heterocycles. The highest BCUT2D eigenvalue weighted by Gasteiger charge is 2.31. The number of ether oxygens (including phenoxy) is 2. The van der Waals surface area contributed by atoms with Crippen molar-refractivity contribution in [1.29, 1.82) is 0 Å². The summed E-state index contributed by atoms with van der Waals surface area (Å²) < 4.78 is 10.7. The summed E-state index contributed by atoms with van der Waals surface area (Å²) in [6.07, 6.45) is 3.42. The summed E-state index contributed by atoms with van der Waals surface area (Å²) in [4.78, 5) is 8.52. The topological polar surface area (TPSA) is 82.3 Å². The van der Waals surface area contributed by atoms with Crippen LogP contribution < -0.4 is 15.8 Å². The molecule has 1 aliphatic heterocycles. The Kier molecular flexibility index (Phi) is 4.33. The van der Waals surface area contributed by atoms with Crippen molar-refractivity contribution in [2.45, 2.75) is 25.3 Å². The second kappa shape index (κ2) is 5.97. The molecule has 0 saturated carbocycles. The first kappa shape index (κ1) is 13.0. The van der Waals surface area contributed by atoms with Crippen LogP contribution in [0.15, 0.2) is 12.3 Å². The first-order chi connectivity index (χ1) is 8.78. The van der Waals surface area contributed by atoms with Gasteiger partial charge in [0.25, 0.3) is 0 Å². The van der Waals surface area contributed by atoms with E-state index < -0.39 is 0 Å². The third-order valence-corrected chi connectivity index (χ3v) is 3.14. The van der Waals surface area contributed by atoms with E-state index in [2.05, 4.69) is 15.3 Å². The maximum Gasteiger partial charge on any atom is 0.226 e. The van der Waals surface area contributed by atoms with E-state index >= 15 is 0 Å². The van der Waals surface area contributed by atoms with E-state index in [0.29, 0.717) is 25.0 Å². The number of nitrogens with zero attached hydrogens (tertiary/aromatic N) is 2. The van der Waals surface area contributed by atoms with Gasteiger partial charge < -0.3 is 20.5 Å². The minimum Gasteiger partial charge on any atom is -0.478 e. The smallest absolute Gasteiger partial charge is 0.226 e. The van der Waals surface area contributed by atoms with Gasteiger partial charge in [0.1, 0.15) is 0 Å². The average Bonchev–Trinajstić information content (AvgIpc) is 2.41. The molecular weight excluding hydrogens is 232 g/mol. The molecule has 1 aromatic heterocycles. The predicted molar refractivity (Wildman–Crippen MR) is 68.7 cm³/mol. The molecule has 0 bridgehead atoms. The van der Waals surface area contributed by atoms with Gasteiger partial charge in [0.15, 0.2) is 0 Å². The lowest BCUT2D eigenvalue weighted by atomic mass is 9.90. The Hall–Kier alpha value is -1.40. The summed E-state index contributed by atoms with van der Waals surface area (Å²) in [6.45, 7) is 4.49. The van der Waals surface area contributed by atoms with Gasteiger partial charge in [-0.1, -0.05) is 0 Å². The van der Waals surface area contributed by atoms with Crippen LogP contribution in [0, 0.1) is 0 Å². The van der Waals surface area contributed by atoms with Gasteiger partial charge in [-0.3, -0.25) is 0 Å². The Labute approximate surface area is 107 Å². The quantitative estimate of drug-likeness (QED) is 0.806. The summed E-state index contributed by atoms with van der Waals surface area (Å²) in [6, 6.07) is 1.74. The summed E-state index contributed by atoms with van der Waals surface area (Å²) in [5.74, 6) is 1.14. The van der Waals surface area contributed by atoms with Crippen molar-refractivity contribution < 1.29 is 9.47 Å². The van der Waals surface area contributed by atoms with Gasteiger partial charge in [-0.2, -0.15) is 4.98 Å². The minimum atomic E-state index is -0.164. The number of rotatable bonds is 5. The van der Waals surface area contributed by atoms with Crippen molar-refractivity contribution in [2.75, 3.05) is 31.7 Å². The van der Waals surface area contributed by atoms with Crippen LogP contribution in [-0.2, 0) is 4.74 Å². The van der Waals surface area contributed by atoms with Crippen LogP contribution in [-0.4, -0.2) is 41.9 Å². The zero-order valence-corrected chi connectivity index (χ0v) is 10.7. The van der Waals surface area contributed by atoms with Gasteiger partial charge in [0.2, 0.25) is 11.8 Å². The lowest BCUT2D eigenvalue weighted by molar-refractivity contribution is 0.0625. The molecule has 0 aliphatic carbocycles. The number of nitrogens with two attached hydrogens (primary N) is 1. The van der Waals surface area contributed by atoms with Crippen molar-refractivity contribution in [2.24, 2.45) is 5.73 Å². The molecule has 2 rings (SSSR count). The molecule has 0 radical (unpaired) electrons. The fourth-order valence-corrected chi connectivity index (χ4v) is 2.01. The molecular formula is C12H20N4O2. The van der Waals surface area contributed by atoms with Crippen LogP contribution in [0.5, 0.6) is 5.88 Å². The van der Waals surface area contributed by atoms with E-state index in [0.717, 1.165) is 26.1 Å². The summed E-state index contributed by atoms with van der Waals surface area (Å²) in [5, 5.41) is 3.34. The van der Waals surface area contributed by atoms with Crippen molar-refractivity contribution in [3.8, 4) is 5.88 Å². The van der Waals surface area contributed by atoms with Crippen molar-refractivity contribution >= 4 is 5.95 Å². The lowest BCUT2D eigenvalue weighted by Gasteiger charge is -2.36. The van der Waals surface area contributed by atoms with Crippen molar-refractivity contribution in [3.63, 3.8) is 0 Å². The monoisotopic (exact) mass is 252 g/mol. The van der Waals surface area contributed by atoms with E-state index in [1.54, 1.807) is 12.3 Å². The van der Waals surface area contributed by atoms with Crippen LogP contribution >= 0.6 is 0 Å². The molecule has 0 amide bonds. The van der Waals surface area contributed by atoms with Crippen LogP contribution in [0.2, 0.25) is 0 Å². The van der Waals surface area contributed by atoms with Gasteiger partial charge in [-0.25, -0.2) is 4.98 Å². The third kappa shape index (κ3) is 3.08. The molecule has 1 aliphatic rings. The highest BCUT2D eigenvalue weighted by Crippen LogP contribution is 2.23. The Morgan fingerprint density at radius 1 is 1.50 bits per heavy atom. The summed E-state index contributed by atoms with van der Waals surface area (Å²) >= 11 is 0. The molecule has 3 N–H and O–H groups in total. The fourth-order valence-electron chi connectivity index (χ4n) is 2.01. The molecule has 0 unspecified atom stereocenters. The maximum atomic E-state index is 5.88. The second-order valence-corrected chi connectivity index (χ2v) is 4.37. The zero-order chi connectivity index (χ0) is 12.8. The summed E-state index contributed by atoms with van der Waals surface area (Å²) in [5.41, 5.74) is 5.71. The van der Waals surface area contributed by atoms with Crippen LogP contribution in [0.3, 0.4) is 0 Å². The molecule has 0 atom stereocenters. The van der Waals surface area contributed by atoms with Crippen molar-refractivity contribution in [3.05, 3.63) is 12.3 Å². The first-order valence-corrected chi connectivity index (χ1v) is 6.30. The largest absolute Gasteiger partial charge is 0.478 e. The second-order valence-electron chi connectivity index (χ2n) is 4.37. The zero-order valence-electron chi connectivity index (χ0n) is 10.7. The number of hydrogen-bond donors (Lipinski definition) is 2. The highest BCUT2D eigenvalue weighted by molar-refractivity contribution is 5.32. The SMILES string of the molecule is CCOc1ccnc(NC2(CN)CCOCC2)n1. The summed E-state index contributed by atoms with van der Waals surface area (Å²) in [7, 11) is 0. The average molecular weight is 252 g/mol. The van der Waals surface area contributed by atoms with E-state index in [4.69, 9.17) is 15.2 Å². The molecule has 6 nitrogen and oxygen atoms in total. The van der Waals surface area contributed by atoms with Gasteiger partial charge in [0.05, 0.1) is 12.1 Å². The van der Waals surface area contributed by atoms with Gasteiger partial charge in [-0.15, -0.1) is 0 Å². The number of nitrogens with one attached hydrogen (secondary N) is 1. The van der Waals surface area contributed by atoms with Crippen LogP contribution in [0.25, 0.3) is 0 Å². The van der Waals surface area contributed by atoms with Crippen LogP contribution in [0.4, 0.5) is 5.95 Å². The third-order valence-electron chi connectivity index (χ3n) is 3.14. The molecule has 0 spiro atoms. The number of hydrogen-bond acceptors (Lipinski definition) is 6. The number of anilines is 1. The minimum absolute atomic E-state index is 0.164. The van der Waals surface area contributed by atoms with Gasteiger partial charge >= 0.3 is 0 Å². The maximum absolute atomic E-state index is 5.88. The molecule has 1 fully saturated rings. The van der Waals surface area contributed by atoms with E-state index in [9.17, 15) is 0 Å². The normalized spacial score (nSPS) is 18.3. The van der Waals surface area contributed by atoms with E-state index in [1.807, 2.05) is 6.92 Å². The Morgan fingerprint density at radius 2 is 2.28 bits per heavy atom. The van der Waals surface area contributed by atoms with Gasteiger partial charge in [0, 0.05) is 32.0 Å². The molecule has 100 valence electrons. The predicted octanol–water partition coefficient (Wildman–Crippen LogP) is 0.795. The number of aromatic nitrogens is 2. The van der Waals surface area contributed by atoms with Crippen molar-refractivity contribution in [1.82, 2.24) is 9.97 Å². The molecule has 0 aromatic carbocycles. The molecule has 18 heavy (non-hydrogen) atoms. The molecule has 1 aromatic rings. The van der Waals surface area contributed by atoms with Gasteiger partial charge in [-0.05, 0) is 19.8 Å². The fraction of sp³-hybridized carbons (Fsp3) is 0.667. The van der Waals surface area contributed by atoms with Crippen LogP contribution in [0.1, 0.15) is 19.8 Å². The van der Waals surface area contributed by atoms with E-state index in [1.165, 1.54) is 0 Å². The Morgan fingerprint density at radius 3 is 2.94 bits per heavy atom. The standard InChI is InChI=1S/C12H20N4O2/c1-2-18-10-3-6-14-11(15-10)16-12(9-13)4-7-17-8-5-12/h3,6H,2,4-5,7-9,13H2,1H3,(H,14,15,16).